The van der Waals surface area contributed by atoms with Crippen LogP contribution >= 0.6 is 11.8 Å². The molecule has 2 N–H and O–H groups in total. The average Bonchev–Trinajstić information content (AvgIpc) is 2.95. The van der Waals surface area contributed by atoms with Gasteiger partial charge in [0.05, 0.1) is 18.8 Å². The Labute approximate surface area is 226 Å². The van der Waals surface area contributed by atoms with Gasteiger partial charge >= 0.3 is 6.09 Å². The molecule has 0 unspecified atom stereocenters. The molecule has 1 fully saturated rings. The number of ether oxygens (including phenoxy) is 3. The van der Waals surface area contributed by atoms with Crippen molar-refractivity contribution in [3.63, 3.8) is 0 Å². The van der Waals surface area contributed by atoms with Gasteiger partial charge in [0.25, 0.3) is 5.03 Å². The molecular formula is C29H32N2O6S. The van der Waals surface area contributed by atoms with Crippen molar-refractivity contribution in [1.82, 2.24) is 5.32 Å². The summed E-state index contributed by atoms with van der Waals surface area (Å²) < 4.78 is 18.7. The van der Waals surface area contributed by atoms with Crippen LogP contribution in [0.4, 0.5) is 4.79 Å². The predicted molar refractivity (Wildman–Crippen MR) is 144 cm³/mol. The minimum absolute atomic E-state index is 0.00703. The van der Waals surface area contributed by atoms with Crippen molar-refractivity contribution < 1.29 is 28.8 Å². The molecule has 2 aromatic carbocycles. The summed E-state index contributed by atoms with van der Waals surface area (Å²) in [5.74, 6) is 0.584. The number of nitrogens with zero attached hydrogens (tertiary/aromatic N) is 1. The Kier molecular flexibility index (Phi) is 9.78. The topological polar surface area (TPSA) is 104 Å². The molecule has 0 spiro atoms. The van der Waals surface area contributed by atoms with E-state index < -0.39 is 12.4 Å². The van der Waals surface area contributed by atoms with Crippen LogP contribution in [-0.4, -0.2) is 29.7 Å². The van der Waals surface area contributed by atoms with Gasteiger partial charge in [-0.25, -0.2) is 4.79 Å². The summed E-state index contributed by atoms with van der Waals surface area (Å²) in [7, 11) is 0. The van der Waals surface area contributed by atoms with Crippen molar-refractivity contribution >= 4 is 17.9 Å². The van der Waals surface area contributed by atoms with Crippen LogP contribution in [0.1, 0.15) is 41.6 Å². The predicted octanol–water partition coefficient (Wildman–Crippen LogP) is 4.81. The van der Waals surface area contributed by atoms with E-state index >= 15 is 0 Å². The van der Waals surface area contributed by atoms with Gasteiger partial charge in [-0.1, -0.05) is 79.9 Å². The first kappa shape index (κ1) is 27.7. The number of aliphatic hydroxyl groups excluding tert-OH is 1. The summed E-state index contributed by atoms with van der Waals surface area (Å²) in [6.45, 7) is 6.07. The number of thioether (sulfide) groups is 1. The number of pyridine rings is 1. The van der Waals surface area contributed by atoms with Crippen molar-refractivity contribution in [2.75, 3.05) is 12.4 Å². The molecule has 4 rings (SSSR count). The zero-order valence-electron chi connectivity index (χ0n) is 21.2. The maximum atomic E-state index is 12.2. The summed E-state index contributed by atoms with van der Waals surface area (Å²) in [6.07, 6.45) is 1.44. The number of alkyl carbamates (subject to hydrolysis) is 1. The van der Waals surface area contributed by atoms with Crippen LogP contribution in [0, 0.1) is 11.1 Å². The highest BCUT2D eigenvalue weighted by Crippen LogP contribution is 2.42. The summed E-state index contributed by atoms with van der Waals surface area (Å²) in [5, 5.41) is 24.9. The highest BCUT2D eigenvalue weighted by Gasteiger charge is 2.38. The van der Waals surface area contributed by atoms with Gasteiger partial charge in [-0.15, -0.1) is 0 Å². The molecule has 0 bridgehead atoms. The fourth-order valence-corrected chi connectivity index (χ4v) is 5.23. The lowest BCUT2D eigenvalue weighted by atomic mass is 9.91. The molecular weight excluding hydrogens is 504 g/mol. The second kappa shape index (κ2) is 13.4. The van der Waals surface area contributed by atoms with Crippen LogP contribution in [0.5, 0.6) is 0 Å². The number of nitrogens with one attached hydrogen (secondary N) is 1. The highest BCUT2D eigenvalue weighted by molar-refractivity contribution is 7.99. The number of carbonyl (C=O) groups excluding carboxylic acids is 1. The first-order valence-corrected chi connectivity index (χ1v) is 13.4. The third-order valence-corrected chi connectivity index (χ3v) is 7.44. The van der Waals surface area contributed by atoms with Crippen LogP contribution in [0.3, 0.4) is 0 Å². The molecule has 0 aliphatic carbocycles. The monoisotopic (exact) mass is 536 g/mol. The molecule has 1 aromatic heterocycles. The Morgan fingerprint density at radius 2 is 1.82 bits per heavy atom. The molecule has 1 aliphatic rings. The third-order valence-electron chi connectivity index (χ3n) is 6.33. The summed E-state index contributed by atoms with van der Waals surface area (Å²) in [4.78, 5) is 11.7. The molecule has 200 valence electrons. The Morgan fingerprint density at radius 1 is 1.11 bits per heavy atom. The number of rotatable bonds is 10. The molecule has 2 heterocycles. The number of aliphatic hydroxyl groups is 1. The minimum Gasteiger partial charge on any atom is -0.618 e. The molecule has 9 heteroatoms. The first-order chi connectivity index (χ1) is 18.5. The maximum absolute atomic E-state index is 12.2. The highest BCUT2D eigenvalue weighted by atomic mass is 32.2. The van der Waals surface area contributed by atoms with Crippen molar-refractivity contribution in [3.05, 3.63) is 113 Å². The fourth-order valence-electron chi connectivity index (χ4n) is 4.15. The van der Waals surface area contributed by atoms with Crippen LogP contribution < -0.4 is 10.0 Å². The number of hydrogen-bond acceptors (Lipinski definition) is 7. The molecule has 1 aliphatic heterocycles. The first-order valence-electron chi connectivity index (χ1n) is 12.4. The zero-order chi connectivity index (χ0) is 26.9. The van der Waals surface area contributed by atoms with Gasteiger partial charge < -0.3 is 29.8 Å². The molecule has 0 saturated carbocycles. The Bertz CT molecular complexity index is 1200. The largest absolute Gasteiger partial charge is 0.618 e. The second-order valence-electron chi connectivity index (χ2n) is 8.98. The average molecular weight is 537 g/mol. The third kappa shape index (κ3) is 7.14. The zero-order valence-corrected chi connectivity index (χ0v) is 22.0. The Balaban J connectivity index is 1.50. The van der Waals surface area contributed by atoms with E-state index in [0.717, 1.165) is 27.0 Å². The lowest BCUT2D eigenvalue weighted by Crippen LogP contribution is -2.39. The quantitative estimate of drug-likeness (QED) is 0.166. The number of aromatic nitrogens is 1. The van der Waals surface area contributed by atoms with Crippen LogP contribution in [0.2, 0.25) is 0 Å². The van der Waals surface area contributed by atoms with E-state index in [9.17, 15) is 15.1 Å². The van der Waals surface area contributed by atoms with Gasteiger partial charge in [0.15, 0.2) is 12.5 Å². The normalized spacial score (nSPS) is 21.0. The van der Waals surface area contributed by atoms with E-state index in [1.54, 1.807) is 12.1 Å². The molecule has 8 nitrogen and oxygen atoms in total. The summed E-state index contributed by atoms with van der Waals surface area (Å²) >= 11 is 1.45. The molecule has 38 heavy (non-hydrogen) atoms. The van der Waals surface area contributed by atoms with Gasteiger partial charge in [-0.05, 0) is 22.8 Å². The Hall–Kier alpha value is -3.37. The van der Waals surface area contributed by atoms with Gasteiger partial charge in [0.2, 0.25) is 0 Å². The lowest BCUT2D eigenvalue weighted by molar-refractivity contribution is -0.645. The number of hydrogen-bond donors (Lipinski definition) is 2. The van der Waals surface area contributed by atoms with E-state index in [1.807, 2.05) is 54.6 Å². The maximum Gasteiger partial charge on any atom is 0.407 e. The van der Waals surface area contributed by atoms with E-state index in [-0.39, 0.29) is 31.3 Å². The molecule has 0 radical (unpaired) electrons. The van der Waals surface area contributed by atoms with Crippen LogP contribution in [0.25, 0.3) is 0 Å². The van der Waals surface area contributed by atoms with Gasteiger partial charge in [-0.2, -0.15) is 4.73 Å². The smallest absolute Gasteiger partial charge is 0.407 e. The molecule has 3 aromatic rings. The number of carbonyl (C=O) groups is 1. The Morgan fingerprint density at radius 3 is 2.50 bits per heavy atom. The fraction of sp³-hybridized carbons (Fsp3) is 0.310. The molecule has 1 saturated heterocycles. The molecule has 4 atom stereocenters. The number of amides is 1. The van der Waals surface area contributed by atoms with E-state index in [1.165, 1.54) is 24.0 Å². The summed E-state index contributed by atoms with van der Waals surface area (Å²) in [6, 6.07) is 20.7. The van der Waals surface area contributed by atoms with Gasteiger partial charge in [-0.3, -0.25) is 0 Å². The number of benzene rings is 2. The van der Waals surface area contributed by atoms with Crippen LogP contribution in [-0.2, 0) is 27.4 Å². The van der Waals surface area contributed by atoms with E-state index in [2.05, 4.69) is 18.8 Å². The SMILES string of the molecule is C=CCOC(=O)NCc1ccc([C@H]2O[C@@H](CSc3cccc[n+]3[O-])[C@@H](C)[C@@H](c3ccc(CO)cc3)O2)cc1. The minimum atomic E-state index is -0.617. The van der Waals surface area contributed by atoms with Gasteiger partial charge in [0, 0.05) is 35.9 Å². The van der Waals surface area contributed by atoms with Crippen molar-refractivity contribution in [1.29, 1.82) is 0 Å². The van der Waals surface area contributed by atoms with E-state index in [4.69, 9.17) is 14.2 Å². The van der Waals surface area contributed by atoms with E-state index in [0.29, 0.717) is 17.3 Å². The van der Waals surface area contributed by atoms with Gasteiger partial charge in [0.1, 0.15) is 6.61 Å². The standard InChI is InChI=1S/C29H32N2O6S/c1-3-16-35-29(33)30-17-21-7-13-24(14-8-21)28-36-25(19-38-26-6-4-5-15-31(26)34)20(2)27(37-28)23-11-9-22(18-32)10-12-23/h3-15,20,25,27-28,32H,1,16-19H2,2H3,(H,30,33)/t20-,25+,27+,28+/m1/s1. The summed E-state index contributed by atoms with van der Waals surface area (Å²) in [5.41, 5.74) is 3.58. The second-order valence-corrected chi connectivity index (χ2v) is 10.0. The molecule has 1 amide bonds. The van der Waals surface area contributed by atoms with Crippen molar-refractivity contribution in [2.45, 2.75) is 43.6 Å². The van der Waals surface area contributed by atoms with Crippen molar-refractivity contribution in [2.24, 2.45) is 5.92 Å². The van der Waals surface area contributed by atoms with Crippen LogP contribution in [0.15, 0.2) is 90.6 Å². The lowest BCUT2D eigenvalue weighted by Gasteiger charge is -2.41. The van der Waals surface area contributed by atoms with Crippen molar-refractivity contribution in [3.8, 4) is 0 Å².